The third-order valence-corrected chi connectivity index (χ3v) is 2.94. The topological polar surface area (TPSA) is 131 Å². The standard InChI is InChI=1S/C12H25N3O5/c1-13-4-5-14-10(6-16)2-3-11(20)15-12(7-17,8-18)9-19/h6,10,13-14,17-19H,2-5,7-9H2,1H3,(H,15,20). The van der Waals surface area contributed by atoms with E-state index in [4.69, 9.17) is 15.3 Å². The molecular formula is C12H25N3O5. The molecule has 8 nitrogen and oxygen atoms in total. The molecule has 0 aliphatic rings. The van der Waals surface area contributed by atoms with E-state index in [9.17, 15) is 9.59 Å². The van der Waals surface area contributed by atoms with Crippen LogP contribution >= 0.6 is 0 Å². The summed E-state index contributed by atoms with van der Waals surface area (Å²) < 4.78 is 0. The molecule has 0 radical (unpaired) electrons. The van der Waals surface area contributed by atoms with Crippen molar-refractivity contribution in [2.24, 2.45) is 0 Å². The van der Waals surface area contributed by atoms with Crippen molar-refractivity contribution in [3.8, 4) is 0 Å². The Morgan fingerprint density at radius 3 is 2.25 bits per heavy atom. The lowest BCUT2D eigenvalue weighted by atomic mass is 10.0. The molecule has 0 aromatic rings. The SMILES string of the molecule is CNCCNC(C=O)CCC(=O)NC(CO)(CO)CO. The van der Waals surface area contributed by atoms with E-state index in [1.165, 1.54) is 0 Å². The number of nitrogens with one attached hydrogen (secondary N) is 3. The van der Waals surface area contributed by atoms with Gasteiger partial charge in [-0.3, -0.25) is 4.79 Å². The fraction of sp³-hybridized carbons (Fsp3) is 0.833. The van der Waals surface area contributed by atoms with Gasteiger partial charge in [0.15, 0.2) is 0 Å². The zero-order chi connectivity index (χ0) is 15.4. The van der Waals surface area contributed by atoms with Crippen molar-refractivity contribution in [3.63, 3.8) is 0 Å². The third kappa shape index (κ3) is 6.92. The van der Waals surface area contributed by atoms with Gasteiger partial charge in [0, 0.05) is 19.5 Å². The lowest BCUT2D eigenvalue weighted by Crippen LogP contribution is -2.57. The van der Waals surface area contributed by atoms with Crippen molar-refractivity contribution in [1.29, 1.82) is 0 Å². The number of carbonyl (C=O) groups is 2. The highest BCUT2D eigenvalue weighted by Gasteiger charge is 2.29. The van der Waals surface area contributed by atoms with Gasteiger partial charge < -0.3 is 36.1 Å². The highest BCUT2D eigenvalue weighted by atomic mass is 16.3. The Morgan fingerprint density at radius 2 is 1.80 bits per heavy atom. The van der Waals surface area contributed by atoms with Gasteiger partial charge in [-0.25, -0.2) is 0 Å². The highest BCUT2D eigenvalue weighted by Crippen LogP contribution is 2.04. The molecule has 1 atom stereocenters. The molecule has 0 aliphatic carbocycles. The van der Waals surface area contributed by atoms with Crippen LogP contribution in [-0.2, 0) is 9.59 Å². The van der Waals surface area contributed by atoms with Crippen molar-refractivity contribution in [2.75, 3.05) is 40.0 Å². The van der Waals surface area contributed by atoms with Crippen LogP contribution in [0.1, 0.15) is 12.8 Å². The minimum absolute atomic E-state index is 0.0533. The number of hydrogen-bond acceptors (Lipinski definition) is 7. The summed E-state index contributed by atoms with van der Waals surface area (Å²) >= 11 is 0. The van der Waals surface area contributed by atoms with E-state index in [1.807, 2.05) is 0 Å². The number of likely N-dealkylation sites (N-methyl/N-ethyl adjacent to an activating group) is 1. The van der Waals surface area contributed by atoms with Crippen molar-refractivity contribution in [2.45, 2.75) is 24.4 Å². The molecule has 20 heavy (non-hydrogen) atoms. The number of rotatable bonds is 12. The summed E-state index contributed by atoms with van der Waals surface area (Å²) in [6.45, 7) is -0.385. The third-order valence-electron chi connectivity index (χ3n) is 2.94. The first-order valence-corrected chi connectivity index (χ1v) is 6.54. The maximum absolute atomic E-state index is 11.7. The number of aliphatic hydroxyl groups is 3. The van der Waals surface area contributed by atoms with E-state index < -0.39 is 37.3 Å². The smallest absolute Gasteiger partial charge is 0.220 e. The average Bonchev–Trinajstić information content (AvgIpc) is 2.48. The predicted molar refractivity (Wildman–Crippen MR) is 73.1 cm³/mol. The summed E-state index contributed by atoms with van der Waals surface area (Å²) in [4.78, 5) is 22.5. The quantitative estimate of drug-likeness (QED) is 0.167. The first-order valence-electron chi connectivity index (χ1n) is 6.54. The lowest BCUT2D eigenvalue weighted by molar-refractivity contribution is -0.125. The molecule has 0 aliphatic heterocycles. The van der Waals surface area contributed by atoms with Gasteiger partial charge in [-0.2, -0.15) is 0 Å². The second-order valence-corrected chi connectivity index (χ2v) is 4.64. The predicted octanol–water partition coefficient (Wildman–Crippen LogP) is -3.02. The van der Waals surface area contributed by atoms with Gasteiger partial charge in [0.05, 0.1) is 25.9 Å². The van der Waals surface area contributed by atoms with Gasteiger partial charge >= 0.3 is 0 Å². The second-order valence-electron chi connectivity index (χ2n) is 4.64. The van der Waals surface area contributed by atoms with Crippen LogP contribution in [0.25, 0.3) is 0 Å². The van der Waals surface area contributed by atoms with Crippen LogP contribution in [0, 0.1) is 0 Å². The molecule has 8 heteroatoms. The molecule has 0 bridgehead atoms. The Morgan fingerprint density at radius 1 is 1.20 bits per heavy atom. The summed E-state index contributed by atoms with van der Waals surface area (Å²) in [6, 6.07) is -0.430. The summed E-state index contributed by atoms with van der Waals surface area (Å²) in [5.74, 6) is -0.440. The molecule has 1 unspecified atom stereocenters. The Kier molecular flexibility index (Phi) is 10.1. The molecule has 0 saturated carbocycles. The van der Waals surface area contributed by atoms with E-state index >= 15 is 0 Å². The first kappa shape index (κ1) is 18.9. The normalized spacial score (nSPS) is 13.0. The van der Waals surface area contributed by atoms with E-state index in [0.717, 1.165) is 6.29 Å². The van der Waals surface area contributed by atoms with Crippen LogP contribution in [0.4, 0.5) is 0 Å². The number of aldehydes is 1. The van der Waals surface area contributed by atoms with Crippen molar-refractivity contribution >= 4 is 12.2 Å². The second kappa shape index (κ2) is 10.7. The monoisotopic (exact) mass is 291 g/mol. The van der Waals surface area contributed by atoms with E-state index in [2.05, 4.69) is 16.0 Å². The summed E-state index contributed by atoms with van der Waals surface area (Å²) in [5.41, 5.74) is -1.42. The Bertz CT molecular complexity index is 276. The highest BCUT2D eigenvalue weighted by molar-refractivity contribution is 5.77. The molecule has 6 N–H and O–H groups in total. The number of amides is 1. The molecule has 0 aromatic heterocycles. The minimum atomic E-state index is -1.42. The lowest BCUT2D eigenvalue weighted by Gasteiger charge is -2.28. The van der Waals surface area contributed by atoms with Crippen molar-refractivity contribution in [3.05, 3.63) is 0 Å². The van der Waals surface area contributed by atoms with Crippen LogP contribution in [0.5, 0.6) is 0 Å². The number of carbonyl (C=O) groups excluding carboxylic acids is 2. The van der Waals surface area contributed by atoms with Gasteiger partial charge in [0.2, 0.25) is 5.91 Å². The summed E-state index contributed by atoms with van der Waals surface area (Å²) in [6.07, 6.45) is 1.09. The van der Waals surface area contributed by atoms with Crippen LogP contribution < -0.4 is 16.0 Å². The van der Waals surface area contributed by atoms with E-state index in [0.29, 0.717) is 19.5 Å². The van der Waals surface area contributed by atoms with Crippen molar-refractivity contribution in [1.82, 2.24) is 16.0 Å². The first-order chi connectivity index (χ1) is 9.57. The number of aliphatic hydroxyl groups excluding tert-OH is 3. The molecule has 118 valence electrons. The molecule has 0 rings (SSSR count). The van der Waals surface area contributed by atoms with E-state index in [1.54, 1.807) is 7.05 Å². The Hall–Kier alpha value is -1.06. The van der Waals surface area contributed by atoms with Gasteiger partial charge in [0.25, 0.3) is 0 Å². The molecule has 0 heterocycles. The van der Waals surface area contributed by atoms with Crippen LogP contribution in [0.2, 0.25) is 0 Å². The van der Waals surface area contributed by atoms with Crippen LogP contribution in [0.15, 0.2) is 0 Å². The molecule has 0 saturated heterocycles. The fourth-order valence-corrected chi connectivity index (χ4v) is 1.51. The zero-order valence-electron chi connectivity index (χ0n) is 11.8. The van der Waals surface area contributed by atoms with Gasteiger partial charge in [-0.15, -0.1) is 0 Å². The molecule has 0 aromatic carbocycles. The van der Waals surface area contributed by atoms with Crippen LogP contribution in [-0.4, -0.2) is 79.1 Å². The zero-order valence-corrected chi connectivity index (χ0v) is 11.8. The van der Waals surface area contributed by atoms with E-state index in [-0.39, 0.29) is 6.42 Å². The van der Waals surface area contributed by atoms with Gasteiger partial charge in [-0.05, 0) is 13.5 Å². The molecule has 0 spiro atoms. The van der Waals surface area contributed by atoms with Crippen molar-refractivity contribution < 1.29 is 24.9 Å². The summed E-state index contributed by atoms with van der Waals surface area (Å²) in [5, 5.41) is 35.5. The average molecular weight is 291 g/mol. The minimum Gasteiger partial charge on any atom is -0.394 e. The molecule has 0 fully saturated rings. The van der Waals surface area contributed by atoms with Crippen LogP contribution in [0.3, 0.4) is 0 Å². The van der Waals surface area contributed by atoms with Gasteiger partial charge in [0.1, 0.15) is 11.8 Å². The maximum atomic E-state index is 11.7. The molecular weight excluding hydrogens is 266 g/mol. The fourth-order valence-electron chi connectivity index (χ4n) is 1.51. The number of hydrogen-bond donors (Lipinski definition) is 6. The van der Waals surface area contributed by atoms with Gasteiger partial charge in [-0.1, -0.05) is 0 Å². The largest absolute Gasteiger partial charge is 0.394 e. The maximum Gasteiger partial charge on any atom is 0.220 e. The Labute approximate surface area is 118 Å². The summed E-state index contributed by atoms with van der Waals surface area (Å²) in [7, 11) is 1.79. The Balaban J connectivity index is 4.15. The molecule has 1 amide bonds.